The second-order valence-corrected chi connectivity index (χ2v) is 10.2. The van der Waals surface area contributed by atoms with Gasteiger partial charge in [-0.3, -0.25) is 9.59 Å². The molecule has 9 nitrogen and oxygen atoms in total. The number of nitrogens with zero attached hydrogens (tertiary/aromatic N) is 4. The molecule has 2 heterocycles. The molecule has 1 atom stereocenters. The number of benzene rings is 2. The highest BCUT2D eigenvalue weighted by molar-refractivity contribution is 7.15. The van der Waals surface area contributed by atoms with Crippen molar-refractivity contribution in [3.05, 3.63) is 88.6 Å². The molecule has 0 bridgehead atoms. The number of aryl methyl sites for hydroxylation is 2. The lowest BCUT2D eigenvalue weighted by molar-refractivity contribution is -0.274. The van der Waals surface area contributed by atoms with Gasteiger partial charge in [-0.05, 0) is 61.6 Å². The van der Waals surface area contributed by atoms with Gasteiger partial charge in [0, 0.05) is 6.42 Å². The van der Waals surface area contributed by atoms with Gasteiger partial charge in [0.15, 0.2) is 5.82 Å². The number of hydrogen-bond donors (Lipinski definition) is 2. The maximum Gasteiger partial charge on any atom is 0.573 e. The Balaban J connectivity index is 1.17. The molecule has 1 unspecified atom stereocenters. The fourth-order valence-electron chi connectivity index (χ4n) is 3.88. The molecule has 0 spiro atoms. The molecule has 0 aliphatic heterocycles. The van der Waals surface area contributed by atoms with Gasteiger partial charge in [-0.2, -0.15) is 5.10 Å². The minimum atomic E-state index is -4.80. The van der Waals surface area contributed by atoms with E-state index in [2.05, 4.69) is 35.8 Å². The third kappa shape index (κ3) is 9.64. The number of carbonyl (C=O) groups is 2. The highest BCUT2D eigenvalue weighted by Crippen LogP contribution is 2.24. The number of halogens is 3. The largest absolute Gasteiger partial charge is 0.573 e. The molecule has 0 saturated carbocycles. The minimum Gasteiger partial charge on any atom is -0.406 e. The normalized spacial score (nSPS) is 12.0. The summed E-state index contributed by atoms with van der Waals surface area (Å²) in [5.74, 6) is -1.03. The predicted octanol–water partition coefficient (Wildman–Crippen LogP) is 5.72. The molecule has 13 heteroatoms. The Hall–Kier alpha value is -4.39. The van der Waals surface area contributed by atoms with Crippen molar-refractivity contribution >= 4 is 34.1 Å². The molecule has 0 fully saturated rings. The first kappa shape index (κ1) is 29.6. The Morgan fingerprint density at radius 2 is 1.68 bits per heavy atom. The van der Waals surface area contributed by atoms with Crippen molar-refractivity contribution in [3.8, 4) is 5.75 Å². The van der Waals surface area contributed by atoms with E-state index >= 15 is 0 Å². The van der Waals surface area contributed by atoms with Gasteiger partial charge in [0.1, 0.15) is 10.8 Å². The molecule has 2 aromatic heterocycles. The monoisotopic (exact) mass is 584 g/mol. The molecule has 2 aromatic carbocycles. The number of rotatable bonds is 12. The van der Waals surface area contributed by atoms with Crippen LogP contribution in [-0.4, -0.2) is 38.6 Å². The number of amides is 2. The molecule has 2 N–H and O–H groups in total. The highest BCUT2D eigenvalue weighted by Gasteiger charge is 2.31. The second kappa shape index (κ2) is 13.8. The van der Waals surface area contributed by atoms with Crippen LogP contribution in [0.3, 0.4) is 0 Å². The Bertz CT molecular complexity index is 1450. The molecule has 4 aromatic rings. The van der Waals surface area contributed by atoms with Crippen LogP contribution in [0.25, 0.3) is 0 Å². The summed E-state index contributed by atoms with van der Waals surface area (Å²) in [4.78, 5) is 24.8. The molecule has 0 aliphatic rings. The molecule has 0 saturated heterocycles. The molecule has 214 valence electrons. The van der Waals surface area contributed by atoms with Gasteiger partial charge in [-0.15, -0.1) is 28.5 Å². The third-order valence-corrected chi connectivity index (χ3v) is 6.85. The number of carbonyl (C=O) groups excluding carboxylic acids is 2. The average Bonchev–Trinajstić information content (AvgIpc) is 3.38. The van der Waals surface area contributed by atoms with Gasteiger partial charge in [-0.25, -0.2) is 0 Å². The molecule has 0 radical (unpaired) electrons. The maximum absolute atomic E-state index is 12.5. The quantitative estimate of drug-likeness (QED) is 0.205. The van der Waals surface area contributed by atoms with Crippen molar-refractivity contribution < 1.29 is 27.5 Å². The first-order valence-electron chi connectivity index (χ1n) is 12.8. The molecular weight excluding hydrogens is 557 g/mol. The lowest BCUT2D eigenvalue weighted by Crippen LogP contribution is -2.18. The van der Waals surface area contributed by atoms with Crippen LogP contribution < -0.4 is 15.4 Å². The number of hydrogen-bond acceptors (Lipinski definition) is 8. The van der Waals surface area contributed by atoms with Gasteiger partial charge in [0.2, 0.25) is 16.9 Å². The summed E-state index contributed by atoms with van der Waals surface area (Å²) in [5, 5.41) is 23.1. The van der Waals surface area contributed by atoms with Crippen LogP contribution in [0.1, 0.15) is 47.5 Å². The van der Waals surface area contributed by atoms with E-state index in [-0.39, 0.29) is 24.1 Å². The number of ether oxygens (including phenoxy) is 1. The Labute approximate surface area is 238 Å². The van der Waals surface area contributed by atoms with Crippen molar-refractivity contribution in [1.29, 1.82) is 0 Å². The van der Waals surface area contributed by atoms with Gasteiger partial charge in [0.05, 0.1) is 18.0 Å². The fourth-order valence-corrected chi connectivity index (χ4v) is 4.66. The minimum absolute atomic E-state index is 0.137. The summed E-state index contributed by atoms with van der Waals surface area (Å²) in [6.45, 7) is 1.84. The van der Waals surface area contributed by atoms with E-state index in [0.717, 1.165) is 41.2 Å². The van der Waals surface area contributed by atoms with Gasteiger partial charge in [-0.1, -0.05) is 53.8 Å². The summed E-state index contributed by atoms with van der Waals surface area (Å²) in [5.41, 5.74) is 2.04. The summed E-state index contributed by atoms with van der Waals surface area (Å²) in [6.07, 6.45) is -1.92. The van der Waals surface area contributed by atoms with E-state index in [4.69, 9.17) is 0 Å². The number of unbranched alkanes of at least 4 members (excludes halogenated alkanes) is 1. The van der Waals surface area contributed by atoms with Gasteiger partial charge in [0.25, 0.3) is 0 Å². The third-order valence-electron chi connectivity index (χ3n) is 5.95. The molecule has 2 amide bonds. The number of alkyl halides is 3. The second-order valence-electron chi connectivity index (χ2n) is 9.16. The molecule has 0 aliphatic carbocycles. The van der Waals surface area contributed by atoms with E-state index in [9.17, 15) is 22.8 Å². The van der Waals surface area contributed by atoms with Crippen LogP contribution in [0.2, 0.25) is 0 Å². The van der Waals surface area contributed by atoms with E-state index in [0.29, 0.717) is 23.5 Å². The summed E-state index contributed by atoms with van der Waals surface area (Å²) in [6, 6.07) is 18.1. The number of aromatic nitrogens is 4. The van der Waals surface area contributed by atoms with Crippen molar-refractivity contribution in [2.75, 3.05) is 10.6 Å². The first-order valence-corrected chi connectivity index (χ1v) is 13.6. The van der Waals surface area contributed by atoms with Crippen molar-refractivity contribution in [1.82, 2.24) is 20.4 Å². The van der Waals surface area contributed by atoms with Crippen LogP contribution in [0.4, 0.5) is 24.1 Å². The topological polar surface area (TPSA) is 119 Å². The molecular formula is C28H27F3N6O3S. The van der Waals surface area contributed by atoms with Crippen molar-refractivity contribution in [3.63, 3.8) is 0 Å². The summed E-state index contributed by atoms with van der Waals surface area (Å²) >= 11 is 1.35. The summed E-state index contributed by atoms with van der Waals surface area (Å²) < 4.78 is 41.1. The lowest BCUT2D eigenvalue weighted by Gasteiger charge is -2.10. The maximum atomic E-state index is 12.5. The Morgan fingerprint density at radius 1 is 0.902 bits per heavy atom. The van der Waals surface area contributed by atoms with E-state index in [1.165, 1.54) is 23.5 Å². The average molecular weight is 585 g/mol. The van der Waals surface area contributed by atoms with Crippen molar-refractivity contribution in [2.24, 2.45) is 0 Å². The SMILES string of the molecule is CC(C(=O)Nc1nnc(CCCCc2ccc(NC(=O)Cc3cccc(OC(F)(F)F)c3)nn2)s1)c1ccccc1. The number of anilines is 2. The van der Waals surface area contributed by atoms with E-state index in [1.807, 2.05) is 37.3 Å². The standard InChI is InChI=1S/C28H27F3N6O3S/c1-18(20-9-3-2-4-10-20)26(39)33-27-37-36-25(41-27)13-6-5-11-21-14-15-23(35-34-21)32-24(38)17-19-8-7-12-22(16-19)40-28(29,30)31/h2-4,7-10,12,14-16,18H,5-6,11,13,17H2,1H3,(H,32,35,38)(H,33,37,39). The van der Waals surface area contributed by atoms with Gasteiger partial charge >= 0.3 is 6.36 Å². The van der Waals surface area contributed by atoms with Crippen molar-refractivity contribution in [2.45, 2.75) is 51.3 Å². The molecule has 41 heavy (non-hydrogen) atoms. The molecule has 4 rings (SSSR count). The Morgan fingerprint density at radius 3 is 2.41 bits per heavy atom. The smallest absolute Gasteiger partial charge is 0.406 e. The zero-order valence-electron chi connectivity index (χ0n) is 22.0. The van der Waals surface area contributed by atoms with Gasteiger partial charge < -0.3 is 15.4 Å². The predicted molar refractivity (Wildman–Crippen MR) is 148 cm³/mol. The fraction of sp³-hybridized carbons (Fsp3) is 0.286. The Kier molecular flexibility index (Phi) is 9.95. The van der Waals surface area contributed by atoms with Crippen LogP contribution in [0, 0.1) is 0 Å². The number of nitrogens with one attached hydrogen (secondary N) is 2. The zero-order chi connectivity index (χ0) is 29.2. The van der Waals surface area contributed by atoms with Crippen LogP contribution in [0.5, 0.6) is 5.75 Å². The van der Waals surface area contributed by atoms with Crippen LogP contribution in [0.15, 0.2) is 66.7 Å². The van der Waals surface area contributed by atoms with Crippen LogP contribution >= 0.6 is 11.3 Å². The zero-order valence-corrected chi connectivity index (χ0v) is 22.8. The van der Waals surface area contributed by atoms with E-state index in [1.54, 1.807) is 12.1 Å². The highest BCUT2D eigenvalue weighted by atomic mass is 32.1. The van der Waals surface area contributed by atoms with E-state index < -0.39 is 18.0 Å². The first-order chi connectivity index (χ1) is 19.6. The van der Waals surface area contributed by atoms with Crippen LogP contribution in [-0.2, 0) is 28.9 Å². The summed E-state index contributed by atoms with van der Waals surface area (Å²) in [7, 11) is 0. The lowest BCUT2D eigenvalue weighted by atomic mass is 10.0.